The van der Waals surface area contributed by atoms with E-state index in [1.54, 1.807) is 12.5 Å². The molecular weight excluding hydrogens is 208 g/mol. The van der Waals surface area contributed by atoms with Gasteiger partial charge in [0.15, 0.2) is 5.82 Å². The van der Waals surface area contributed by atoms with E-state index in [2.05, 4.69) is 10.3 Å². The number of aromatic nitrogens is 2. The third-order valence-corrected chi connectivity index (χ3v) is 2.24. The van der Waals surface area contributed by atoms with Crippen molar-refractivity contribution in [3.05, 3.63) is 41.8 Å². The highest BCUT2D eigenvalue weighted by atomic mass is 16.5. The Morgan fingerprint density at radius 1 is 1.62 bits per heavy atom. The van der Waals surface area contributed by atoms with Gasteiger partial charge in [0.1, 0.15) is 12.4 Å². The number of anilines is 2. The molecular formula is C10H12N4O2. The number of nitrogen functional groups attached to an aromatic ring is 1. The Morgan fingerprint density at radius 2 is 2.44 bits per heavy atom. The maximum atomic E-state index is 11.2. The molecule has 6 heteroatoms. The minimum absolute atomic E-state index is 0.00914. The quantitative estimate of drug-likeness (QED) is 0.596. The molecule has 2 aromatic heterocycles. The summed E-state index contributed by atoms with van der Waals surface area (Å²) in [6.07, 6.45) is 5.85. The van der Waals surface area contributed by atoms with Gasteiger partial charge in [0, 0.05) is 5.56 Å². The molecule has 0 saturated carbocycles. The van der Waals surface area contributed by atoms with E-state index in [0.717, 1.165) is 5.56 Å². The first kappa shape index (κ1) is 10.3. The molecule has 0 aliphatic carbocycles. The van der Waals surface area contributed by atoms with Gasteiger partial charge in [0.05, 0.1) is 18.6 Å². The second kappa shape index (κ2) is 4.09. The van der Waals surface area contributed by atoms with Gasteiger partial charge in [0.2, 0.25) is 0 Å². The molecule has 0 saturated heterocycles. The summed E-state index contributed by atoms with van der Waals surface area (Å²) in [7, 11) is 0. The number of nitrogens with two attached hydrogens (primary N) is 1. The van der Waals surface area contributed by atoms with E-state index in [4.69, 9.17) is 10.2 Å². The predicted molar refractivity (Wildman–Crippen MR) is 58.4 cm³/mol. The zero-order chi connectivity index (χ0) is 11.5. The molecule has 3 N–H and O–H groups in total. The van der Waals surface area contributed by atoms with Crippen LogP contribution < -0.4 is 15.8 Å². The lowest BCUT2D eigenvalue weighted by Crippen LogP contribution is -2.31. The first-order valence-electron chi connectivity index (χ1n) is 4.80. The molecule has 6 nitrogen and oxygen atoms in total. The third-order valence-electron chi connectivity index (χ3n) is 2.24. The average Bonchev–Trinajstić information content (AvgIpc) is 2.77. The number of nitrogens with zero attached hydrogens (tertiary/aromatic N) is 2. The SMILES string of the molecule is CC(Nc1c[n+]([O-])c(N)cn1)c1ccoc1. The van der Waals surface area contributed by atoms with Crippen molar-refractivity contribution in [1.29, 1.82) is 0 Å². The van der Waals surface area contributed by atoms with Crippen LogP contribution in [0.1, 0.15) is 18.5 Å². The summed E-state index contributed by atoms with van der Waals surface area (Å²) >= 11 is 0. The Morgan fingerprint density at radius 3 is 3.06 bits per heavy atom. The normalized spacial score (nSPS) is 12.3. The van der Waals surface area contributed by atoms with Crippen LogP contribution in [-0.4, -0.2) is 4.98 Å². The Labute approximate surface area is 92.3 Å². The van der Waals surface area contributed by atoms with Gasteiger partial charge in [-0.3, -0.25) is 5.73 Å². The van der Waals surface area contributed by atoms with E-state index in [9.17, 15) is 5.21 Å². The van der Waals surface area contributed by atoms with Crippen LogP contribution in [0.15, 0.2) is 35.4 Å². The standard InChI is InChI=1S/C10H12N4O2/c1-7(8-2-3-16-6-8)13-10-5-14(15)9(11)4-12-10/h2-7H,11H2,1H3,(H,12,13). The van der Waals surface area contributed by atoms with Crippen LogP contribution >= 0.6 is 0 Å². The van der Waals surface area contributed by atoms with E-state index in [0.29, 0.717) is 10.5 Å². The molecule has 0 spiro atoms. The van der Waals surface area contributed by atoms with Crippen molar-refractivity contribution in [2.24, 2.45) is 0 Å². The summed E-state index contributed by atoms with van der Waals surface area (Å²) in [6, 6.07) is 1.86. The molecule has 84 valence electrons. The van der Waals surface area contributed by atoms with Crippen LogP contribution in [0.2, 0.25) is 0 Å². The lowest BCUT2D eigenvalue weighted by Gasteiger charge is -2.13. The van der Waals surface area contributed by atoms with Crippen molar-refractivity contribution in [3.63, 3.8) is 0 Å². The van der Waals surface area contributed by atoms with Gasteiger partial charge in [-0.05, 0) is 13.0 Å². The summed E-state index contributed by atoms with van der Waals surface area (Å²) in [5, 5.41) is 14.3. The molecule has 0 aliphatic rings. The molecule has 16 heavy (non-hydrogen) atoms. The number of hydrogen-bond donors (Lipinski definition) is 2. The minimum atomic E-state index is 0.00914. The van der Waals surface area contributed by atoms with E-state index >= 15 is 0 Å². The van der Waals surface area contributed by atoms with Gasteiger partial charge in [-0.25, -0.2) is 9.71 Å². The molecule has 2 aromatic rings. The van der Waals surface area contributed by atoms with Crippen LogP contribution in [0.5, 0.6) is 0 Å². The highest BCUT2D eigenvalue weighted by Crippen LogP contribution is 2.17. The molecule has 0 aromatic carbocycles. The average molecular weight is 220 g/mol. The fourth-order valence-corrected chi connectivity index (χ4v) is 1.31. The first-order chi connectivity index (χ1) is 7.66. The molecule has 0 aliphatic heterocycles. The topological polar surface area (TPSA) is 91.0 Å². The van der Waals surface area contributed by atoms with Crippen LogP contribution in [0.25, 0.3) is 0 Å². The lowest BCUT2D eigenvalue weighted by atomic mass is 10.2. The smallest absolute Gasteiger partial charge is 0.294 e. The van der Waals surface area contributed by atoms with Gasteiger partial charge in [0.25, 0.3) is 5.82 Å². The Kier molecular flexibility index (Phi) is 2.63. The number of nitrogens with one attached hydrogen (secondary N) is 1. The summed E-state index contributed by atoms with van der Waals surface area (Å²) in [4.78, 5) is 4.00. The van der Waals surface area contributed by atoms with E-state index in [1.165, 1.54) is 12.4 Å². The number of rotatable bonds is 3. The van der Waals surface area contributed by atoms with Crippen LogP contribution in [-0.2, 0) is 0 Å². The van der Waals surface area contributed by atoms with Gasteiger partial charge in [-0.15, -0.1) is 0 Å². The summed E-state index contributed by atoms with van der Waals surface area (Å²) < 4.78 is 5.54. The molecule has 0 fully saturated rings. The molecule has 1 atom stereocenters. The molecule has 2 heterocycles. The van der Waals surface area contributed by atoms with Gasteiger partial charge in [-0.1, -0.05) is 0 Å². The molecule has 2 rings (SSSR count). The zero-order valence-corrected chi connectivity index (χ0v) is 8.75. The van der Waals surface area contributed by atoms with Crippen molar-refractivity contribution in [2.75, 3.05) is 11.1 Å². The first-order valence-corrected chi connectivity index (χ1v) is 4.80. The lowest BCUT2D eigenvalue weighted by molar-refractivity contribution is -0.589. The predicted octanol–water partition coefficient (Wildman–Crippen LogP) is 1.06. The zero-order valence-electron chi connectivity index (χ0n) is 8.75. The second-order valence-corrected chi connectivity index (χ2v) is 3.45. The highest BCUT2D eigenvalue weighted by molar-refractivity contribution is 5.35. The minimum Gasteiger partial charge on any atom is -0.710 e. The van der Waals surface area contributed by atoms with E-state index in [-0.39, 0.29) is 11.9 Å². The number of hydrogen-bond acceptors (Lipinski definition) is 5. The van der Waals surface area contributed by atoms with Crippen LogP contribution in [0, 0.1) is 5.21 Å². The molecule has 0 radical (unpaired) electrons. The van der Waals surface area contributed by atoms with Crippen molar-refractivity contribution in [2.45, 2.75) is 13.0 Å². The summed E-state index contributed by atoms with van der Waals surface area (Å²) in [6.45, 7) is 1.94. The second-order valence-electron chi connectivity index (χ2n) is 3.45. The Hall–Kier alpha value is -2.24. The summed E-state index contributed by atoms with van der Waals surface area (Å²) in [5.41, 5.74) is 6.34. The molecule has 0 bridgehead atoms. The third kappa shape index (κ3) is 2.05. The fourth-order valence-electron chi connectivity index (χ4n) is 1.31. The highest BCUT2D eigenvalue weighted by Gasteiger charge is 2.08. The fraction of sp³-hybridized carbons (Fsp3) is 0.200. The number of furan rings is 1. The van der Waals surface area contributed by atoms with Crippen molar-refractivity contribution < 1.29 is 9.15 Å². The summed E-state index contributed by atoms with van der Waals surface area (Å²) in [5.74, 6) is 0.541. The Bertz CT molecular complexity index is 470. The Balaban J connectivity index is 2.12. The van der Waals surface area contributed by atoms with Gasteiger partial charge < -0.3 is 14.9 Å². The van der Waals surface area contributed by atoms with Crippen molar-refractivity contribution >= 4 is 11.6 Å². The van der Waals surface area contributed by atoms with E-state index in [1.807, 2.05) is 13.0 Å². The van der Waals surface area contributed by atoms with Gasteiger partial charge in [-0.2, -0.15) is 0 Å². The molecule has 1 unspecified atom stereocenters. The van der Waals surface area contributed by atoms with Gasteiger partial charge >= 0.3 is 0 Å². The maximum Gasteiger partial charge on any atom is 0.294 e. The maximum absolute atomic E-state index is 11.2. The van der Waals surface area contributed by atoms with Crippen LogP contribution in [0.4, 0.5) is 11.6 Å². The monoisotopic (exact) mass is 220 g/mol. The van der Waals surface area contributed by atoms with Crippen molar-refractivity contribution in [1.82, 2.24) is 4.98 Å². The van der Waals surface area contributed by atoms with E-state index < -0.39 is 0 Å². The van der Waals surface area contributed by atoms with Crippen molar-refractivity contribution in [3.8, 4) is 0 Å². The molecule has 0 amide bonds. The van der Waals surface area contributed by atoms with Crippen LogP contribution in [0.3, 0.4) is 0 Å². The largest absolute Gasteiger partial charge is 0.710 e.